The molecule has 0 amide bonds. The fraction of sp³-hybridized carbons (Fsp3) is 0.0714. The summed E-state index contributed by atoms with van der Waals surface area (Å²) in [7, 11) is -3.91. The van der Waals surface area contributed by atoms with Crippen LogP contribution in [0.2, 0.25) is 5.02 Å². The largest absolute Gasteiger partial charge is 0.440 e. The van der Waals surface area contributed by atoms with Crippen LogP contribution in [-0.2, 0) is 10.0 Å². The second kappa shape index (κ2) is 5.95. The summed E-state index contributed by atoms with van der Waals surface area (Å²) in [5, 5.41) is 0.185. The zero-order valence-electron chi connectivity index (χ0n) is 11.7. The third kappa shape index (κ3) is 3.39. The van der Waals surface area contributed by atoms with E-state index in [2.05, 4.69) is 9.71 Å². The van der Waals surface area contributed by atoms with Gasteiger partial charge in [-0.15, -0.1) is 11.3 Å². The standard InChI is InChI=1S/C14H10ClFN2O3S2/c1-8-17-7-12(21-8)13-4-5-14(22-13)23(19,20)18-11-3-2-9(15)6-10(11)16/h2-7,18H,1H3. The van der Waals surface area contributed by atoms with Crippen LogP contribution in [0.15, 0.2) is 45.2 Å². The van der Waals surface area contributed by atoms with Crippen LogP contribution in [0.4, 0.5) is 10.1 Å². The molecule has 0 radical (unpaired) electrons. The van der Waals surface area contributed by atoms with Gasteiger partial charge in [-0.25, -0.2) is 17.8 Å². The molecule has 2 heterocycles. The molecule has 2 aromatic heterocycles. The Balaban J connectivity index is 1.89. The van der Waals surface area contributed by atoms with Crippen LogP contribution in [0.25, 0.3) is 10.6 Å². The van der Waals surface area contributed by atoms with E-state index in [4.69, 9.17) is 16.0 Å². The maximum absolute atomic E-state index is 13.7. The molecule has 9 heteroatoms. The van der Waals surface area contributed by atoms with Gasteiger partial charge in [0, 0.05) is 11.9 Å². The van der Waals surface area contributed by atoms with Gasteiger partial charge in [-0.05, 0) is 30.3 Å². The molecule has 0 saturated heterocycles. The molecular weight excluding hydrogens is 363 g/mol. The monoisotopic (exact) mass is 372 g/mol. The summed E-state index contributed by atoms with van der Waals surface area (Å²) in [6.45, 7) is 1.69. The molecule has 0 unspecified atom stereocenters. The average Bonchev–Trinajstić information content (AvgIpc) is 3.10. The van der Waals surface area contributed by atoms with Gasteiger partial charge in [-0.3, -0.25) is 4.72 Å². The number of benzene rings is 1. The van der Waals surface area contributed by atoms with Crippen molar-refractivity contribution in [1.29, 1.82) is 0 Å². The molecule has 3 aromatic rings. The van der Waals surface area contributed by atoms with Crippen LogP contribution in [-0.4, -0.2) is 13.4 Å². The summed E-state index contributed by atoms with van der Waals surface area (Å²) in [6, 6.07) is 6.74. The van der Waals surface area contributed by atoms with E-state index < -0.39 is 15.8 Å². The molecule has 1 N–H and O–H groups in total. The lowest BCUT2D eigenvalue weighted by atomic mass is 10.3. The predicted molar refractivity (Wildman–Crippen MR) is 86.8 cm³/mol. The molecule has 0 aliphatic rings. The number of hydrogen-bond donors (Lipinski definition) is 1. The zero-order chi connectivity index (χ0) is 16.6. The Morgan fingerprint density at radius 1 is 1.30 bits per heavy atom. The number of hydrogen-bond acceptors (Lipinski definition) is 5. The van der Waals surface area contributed by atoms with Gasteiger partial charge < -0.3 is 4.42 Å². The number of aryl methyl sites for hydroxylation is 1. The van der Waals surface area contributed by atoms with Crippen LogP contribution >= 0.6 is 22.9 Å². The first kappa shape index (κ1) is 16.0. The molecule has 120 valence electrons. The highest BCUT2D eigenvalue weighted by atomic mass is 35.5. The van der Waals surface area contributed by atoms with Crippen LogP contribution in [0.1, 0.15) is 5.89 Å². The van der Waals surface area contributed by atoms with Crippen molar-refractivity contribution >= 4 is 38.6 Å². The van der Waals surface area contributed by atoms with E-state index in [1.54, 1.807) is 13.0 Å². The fourth-order valence-corrected chi connectivity index (χ4v) is 4.32. The van der Waals surface area contributed by atoms with Gasteiger partial charge in [0.05, 0.1) is 16.8 Å². The molecule has 1 aromatic carbocycles. The molecule has 0 spiro atoms. The van der Waals surface area contributed by atoms with E-state index >= 15 is 0 Å². The number of nitrogens with one attached hydrogen (secondary N) is 1. The van der Waals surface area contributed by atoms with Crippen molar-refractivity contribution < 1.29 is 17.2 Å². The second-order valence-corrected chi connectivity index (χ2v) is 8.02. The summed E-state index contributed by atoms with van der Waals surface area (Å²) in [5.41, 5.74) is -0.167. The van der Waals surface area contributed by atoms with Gasteiger partial charge in [0.25, 0.3) is 10.0 Å². The second-order valence-electron chi connectivity index (χ2n) is 4.59. The summed E-state index contributed by atoms with van der Waals surface area (Å²) in [6.07, 6.45) is 1.52. The summed E-state index contributed by atoms with van der Waals surface area (Å²) in [5.74, 6) is 0.217. The normalized spacial score (nSPS) is 11.6. The lowest BCUT2D eigenvalue weighted by Crippen LogP contribution is -2.12. The zero-order valence-corrected chi connectivity index (χ0v) is 14.1. The Morgan fingerprint density at radius 2 is 2.09 bits per heavy atom. The van der Waals surface area contributed by atoms with Crippen LogP contribution in [0, 0.1) is 12.7 Å². The lowest BCUT2D eigenvalue weighted by molar-refractivity contribution is 0.535. The van der Waals surface area contributed by atoms with Gasteiger partial charge >= 0.3 is 0 Å². The van der Waals surface area contributed by atoms with Crippen LogP contribution in [0.5, 0.6) is 0 Å². The van der Waals surface area contributed by atoms with Crippen molar-refractivity contribution in [2.45, 2.75) is 11.1 Å². The van der Waals surface area contributed by atoms with Crippen LogP contribution < -0.4 is 4.72 Å². The number of sulfonamides is 1. The van der Waals surface area contributed by atoms with Crippen molar-refractivity contribution in [1.82, 2.24) is 4.98 Å². The van der Waals surface area contributed by atoms with E-state index in [-0.39, 0.29) is 14.9 Å². The Labute approximate surface area is 140 Å². The molecule has 0 saturated carbocycles. The highest BCUT2D eigenvalue weighted by Crippen LogP contribution is 2.32. The van der Waals surface area contributed by atoms with E-state index in [1.807, 2.05) is 0 Å². The lowest BCUT2D eigenvalue weighted by Gasteiger charge is -2.07. The van der Waals surface area contributed by atoms with Crippen molar-refractivity contribution in [3.8, 4) is 10.6 Å². The number of oxazole rings is 1. The quantitative estimate of drug-likeness (QED) is 0.740. The first-order valence-electron chi connectivity index (χ1n) is 6.36. The van der Waals surface area contributed by atoms with Gasteiger partial charge in [0.2, 0.25) is 0 Å². The van der Waals surface area contributed by atoms with Crippen molar-refractivity contribution in [3.05, 3.63) is 53.3 Å². The topological polar surface area (TPSA) is 72.2 Å². The van der Waals surface area contributed by atoms with Crippen molar-refractivity contribution in [3.63, 3.8) is 0 Å². The SMILES string of the molecule is Cc1ncc(-c2ccc(S(=O)(=O)Nc3ccc(Cl)cc3F)s2)o1. The smallest absolute Gasteiger partial charge is 0.271 e. The molecule has 5 nitrogen and oxygen atoms in total. The van der Waals surface area contributed by atoms with E-state index in [0.717, 1.165) is 17.4 Å². The Morgan fingerprint density at radius 3 is 2.74 bits per heavy atom. The average molecular weight is 373 g/mol. The Hall–Kier alpha value is -1.90. The Kier molecular flexibility index (Phi) is 4.13. The van der Waals surface area contributed by atoms with E-state index in [1.165, 1.54) is 24.4 Å². The first-order valence-corrected chi connectivity index (χ1v) is 9.03. The van der Waals surface area contributed by atoms with Gasteiger partial charge in [0.15, 0.2) is 11.7 Å². The molecule has 23 heavy (non-hydrogen) atoms. The van der Waals surface area contributed by atoms with Crippen molar-refractivity contribution in [2.75, 3.05) is 4.72 Å². The summed E-state index contributed by atoms with van der Waals surface area (Å²) in [4.78, 5) is 4.58. The number of halogens is 2. The molecular formula is C14H10ClFN2O3S2. The molecule has 0 bridgehead atoms. The highest BCUT2D eigenvalue weighted by Gasteiger charge is 2.20. The number of thiophene rings is 1. The number of aromatic nitrogens is 1. The van der Waals surface area contributed by atoms with E-state index in [0.29, 0.717) is 16.5 Å². The third-order valence-corrected chi connectivity index (χ3v) is 6.08. The molecule has 0 atom stereocenters. The predicted octanol–water partition coefficient (Wildman–Crippen LogP) is 4.30. The molecule has 0 aliphatic heterocycles. The number of nitrogens with zero attached hydrogens (tertiary/aromatic N) is 1. The fourth-order valence-electron chi connectivity index (χ4n) is 1.84. The van der Waals surface area contributed by atoms with Gasteiger partial charge in [-0.1, -0.05) is 11.6 Å². The van der Waals surface area contributed by atoms with Gasteiger partial charge in [-0.2, -0.15) is 0 Å². The minimum atomic E-state index is -3.91. The van der Waals surface area contributed by atoms with Crippen molar-refractivity contribution in [2.24, 2.45) is 0 Å². The van der Waals surface area contributed by atoms with Crippen LogP contribution in [0.3, 0.4) is 0 Å². The Bertz CT molecular complexity index is 966. The highest BCUT2D eigenvalue weighted by molar-refractivity contribution is 7.94. The summed E-state index contributed by atoms with van der Waals surface area (Å²) < 4.78 is 46.0. The molecule has 3 rings (SSSR count). The third-order valence-electron chi connectivity index (χ3n) is 2.89. The molecule has 0 fully saturated rings. The van der Waals surface area contributed by atoms with E-state index in [9.17, 15) is 12.8 Å². The first-order chi connectivity index (χ1) is 10.8. The molecule has 0 aliphatic carbocycles. The van der Waals surface area contributed by atoms with Gasteiger partial charge in [0.1, 0.15) is 10.0 Å². The number of anilines is 1. The minimum absolute atomic E-state index is 0.0379. The number of rotatable bonds is 4. The minimum Gasteiger partial charge on any atom is -0.440 e. The maximum atomic E-state index is 13.7. The summed E-state index contributed by atoms with van der Waals surface area (Å²) >= 11 is 6.65. The maximum Gasteiger partial charge on any atom is 0.271 e.